The summed E-state index contributed by atoms with van der Waals surface area (Å²) in [7, 11) is 0. The molecule has 120 valence electrons. The predicted molar refractivity (Wildman–Crippen MR) is 91.0 cm³/mol. The number of hydrogen-bond donors (Lipinski definition) is 3. The Morgan fingerprint density at radius 3 is 3.00 bits per heavy atom. The molecule has 3 aliphatic heterocycles. The van der Waals surface area contributed by atoms with Crippen LogP contribution in [0.5, 0.6) is 0 Å². The zero-order valence-electron chi connectivity index (χ0n) is 12.8. The lowest BCUT2D eigenvalue weighted by molar-refractivity contribution is 0.0698. The molecule has 0 amide bonds. The minimum atomic E-state index is -1.01. The van der Waals surface area contributed by atoms with Gasteiger partial charge in [0.05, 0.1) is 11.3 Å². The number of aliphatic imine (C=N–C) groups is 3. The summed E-state index contributed by atoms with van der Waals surface area (Å²) >= 11 is 0. The molecule has 0 radical (unpaired) electrons. The number of amidine groups is 2. The molecule has 8 nitrogen and oxygen atoms in total. The second-order valence-electron chi connectivity index (χ2n) is 5.35. The highest BCUT2D eigenvalue weighted by Gasteiger charge is 2.31. The average Bonchev–Trinajstić information content (AvgIpc) is 2.54. The van der Waals surface area contributed by atoms with Crippen molar-refractivity contribution in [1.29, 1.82) is 0 Å². The number of nitrogens with one attached hydrogen (secondary N) is 2. The predicted octanol–water partition coefficient (Wildman–Crippen LogP) is 1.58. The Balaban J connectivity index is 1.70. The summed E-state index contributed by atoms with van der Waals surface area (Å²) in [6, 6.07) is 6.66. The van der Waals surface area contributed by atoms with E-state index in [-0.39, 0.29) is 5.56 Å². The maximum absolute atomic E-state index is 11.3. The molecule has 0 fully saturated rings. The summed E-state index contributed by atoms with van der Waals surface area (Å²) in [6.45, 7) is 1.85. The van der Waals surface area contributed by atoms with Crippen molar-refractivity contribution in [3.8, 4) is 0 Å². The molecule has 8 heteroatoms. The molecule has 1 unspecified atom stereocenters. The normalized spacial score (nSPS) is 20.9. The molecule has 0 spiro atoms. The first-order valence-electron chi connectivity index (χ1n) is 7.37. The fraction of sp³-hybridized carbons (Fsp3) is 0.125. The summed E-state index contributed by atoms with van der Waals surface area (Å²) in [5.74, 6) is 1.77. The Morgan fingerprint density at radius 1 is 1.33 bits per heavy atom. The quantitative estimate of drug-likeness (QED) is 0.784. The van der Waals surface area contributed by atoms with Crippen molar-refractivity contribution >= 4 is 29.3 Å². The molecule has 0 saturated heterocycles. The number of carboxylic acid groups (broad SMARTS) is 1. The van der Waals surface area contributed by atoms with Crippen LogP contribution in [0.25, 0.3) is 0 Å². The van der Waals surface area contributed by atoms with Gasteiger partial charge in [-0.25, -0.2) is 19.7 Å². The highest BCUT2D eigenvalue weighted by atomic mass is 16.4. The monoisotopic (exact) mass is 322 g/mol. The minimum absolute atomic E-state index is 0.171. The maximum atomic E-state index is 11.3. The molecule has 3 aliphatic rings. The van der Waals surface area contributed by atoms with Gasteiger partial charge in [0.1, 0.15) is 17.5 Å². The molecule has 0 aromatic heterocycles. The molecule has 0 saturated carbocycles. The van der Waals surface area contributed by atoms with Crippen LogP contribution in [0.15, 0.2) is 63.3 Å². The molecular formula is C16H14N6O2. The highest BCUT2D eigenvalue weighted by molar-refractivity contribution is 6.14. The standard InChI is InChI=1S/C16H14N6O2/c1-9-17-12-7-4-8-13-20-15(21-16(18-9)22(12)13)19-11-6-3-2-5-10(11)14(23)24/h2-8,15,19H,1H3,(H,23,24)(H,17,18,21). The van der Waals surface area contributed by atoms with Crippen LogP contribution in [-0.2, 0) is 0 Å². The van der Waals surface area contributed by atoms with Crippen LogP contribution >= 0.6 is 0 Å². The molecule has 1 aromatic rings. The topological polar surface area (TPSA) is 102 Å². The number of anilines is 1. The van der Waals surface area contributed by atoms with Crippen molar-refractivity contribution in [2.24, 2.45) is 15.0 Å². The third-order valence-corrected chi connectivity index (χ3v) is 3.68. The van der Waals surface area contributed by atoms with Crippen LogP contribution in [0.3, 0.4) is 0 Å². The highest BCUT2D eigenvalue weighted by Crippen LogP contribution is 2.23. The van der Waals surface area contributed by atoms with Crippen LogP contribution in [0, 0.1) is 0 Å². The molecular weight excluding hydrogens is 308 g/mol. The number of benzene rings is 1. The first-order chi connectivity index (χ1) is 11.6. The zero-order chi connectivity index (χ0) is 16.7. The van der Waals surface area contributed by atoms with Gasteiger partial charge in [-0.2, -0.15) is 4.99 Å². The van der Waals surface area contributed by atoms with Gasteiger partial charge in [0.25, 0.3) is 0 Å². The lowest BCUT2D eigenvalue weighted by Crippen LogP contribution is -2.49. The summed E-state index contributed by atoms with van der Waals surface area (Å²) in [6.07, 6.45) is 5.01. The largest absolute Gasteiger partial charge is 0.478 e. The number of guanidine groups is 1. The smallest absolute Gasteiger partial charge is 0.337 e. The van der Waals surface area contributed by atoms with Crippen LogP contribution in [0.1, 0.15) is 17.3 Å². The Hall–Kier alpha value is -3.42. The Morgan fingerprint density at radius 2 is 2.17 bits per heavy atom. The second-order valence-corrected chi connectivity index (χ2v) is 5.35. The Labute approximate surface area is 137 Å². The van der Waals surface area contributed by atoms with E-state index in [2.05, 4.69) is 25.6 Å². The van der Waals surface area contributed by atoms with Gasteiger partial charge in [-0.3, -0.25) is 0 Å². The number of hydrogen-bond acceptors (Lipinski definition) is 7. The van der Waals surface area contributed by atoms with Gasteiger partial charge in [-0.05, 0) is 31.2 Å². The van der Waals surface area contributed by atoms with E-state index in [0.29, 0.717) is 17.5 Å². The van der Waals surface area contributed by atoms with Crippen LogP contribution in [-0.4, -0.2) is 39.9 Å². The van der Waals surface area contributed by atoms with E-state index in [1.165, 1.54) is 6.07 Å². The van der Waals surface area contributed by atoms with Crippen molar-refractivity contribution in [2.75, 3.05) is 5.32 Å². The van der Waals surface area contributed by atoms with Gasteiger partial charge in [0.15, 0.2) is 0 Å². The van der Waals surface area contributed by atoms with E-state index in [4.69, 9.17) is 0 Å². The van der Waals surface area contributed by atoms with Crippen molar-refractivity contribution in [3.05, 3.63) is 53.9 Å². The number of carbonyl (C=O) groups is 1. The fourth-order valence-corrected chi connectivity index (χ4v) is 2.67. The first-order valence-corrected chi connectivity index (χ1v) is 7.37. The number of aromatic carboxylic acids is 1. The number of allylic oxidation sites excluding steroid dienone is 2. The lowest BCUT2D eigenvalue weighted by Gasteiger charge is -2.35. The molecule has 1 aromatic carbocycles. The van der Waals surface area contributed by atoms with E-state index in [0.717, 1.165) is 11.7 Å². The van der Waals surface area contributed by atoms with Gasteiger partial charge in [-0.1, -0.05) is 18.2 Å². The van der Waals surface area contributed by atoms with Gasteiger partial charge in [0, 0.05) is 0 Å². The summed E-state index contributed by atoms with van der Waals surface area (Å²) in [4.78, 5) is 26.6. The first kappa shape index (κ1) is 14.2. The van der Waals surface area contributed by atoms with Crippen molar-refractivity contribution < 1.29 is 9.90 Å². The second kappa shape index (κ2) is 5.34. The SMILES string of the molecule is CC1=NC2=NC(Nc3ccccc3C(=O)O)N=C3C=CC=C(N1)N32. The molecule has 1 atom stereocenters. The van der Waals surface area contributed by atoms with Gasteiger partial charge < -0.3 is 15.7 Å². The van der Waals surface area contributed by atoms with Crippen LogP contribution in [0.4, 0.5) is 5.69 Å². The number of carboxylic acids is 1. The van der Waals surface area contributed by atoms with E-state index < -0.39 is 12.3 Å². The van der Waals surface area contributed by atoms with E-state index in [1.54, 1.807) is 18.2 Å². The summed E-state index contributed by atoms with van der Waals surface area (Å²) in [5, 5.41) is 15.5. The van der Waals surface area contributed by atoms with E-state index in [9.17, 15) is 9.90 Å². The van der Waals surface area contributed by atoms with E-state index in [1.807, 2.05) is 30.1 Å². The Bertz CT molecular complexity index is 880. The zero-order valence-corrected chi connectivity index (χ0v) is 12.8. The molecule has 0 aliphatic carbocycles. The summed E-state index contributed by atoms with van der Waals surface area (Å²) < 4.78 is 0. The number of para-hydroxylation sites is 1. The van der Waals surface area contributed by atoms with Crippen molar-refractivity contribution in [3.63, 3.8) is 0 Å². The maximum Gasteiger partial charge on any atom is 0.337 e. The molecule has 3 heterocycles. The Kier molecular flexibility index (Phi) is 3.16. The summed E-state index contributed by atoms with van der Waals surface area (Å²) in [5.41, 5.74) is 0.632. The van der Waals surface area contributed by atoms with Gasteiger partial charge in [0.2, 0.25) is 12.2 Å². The van der Waals surface area contributed by atoms with E-state index >= 15 is 0 Å². The molecule has 0 bridgehead atoms. The van der Waals surface area contributed by atoms with Gasteiger partial charge in [-0.15, -0.1) is 0 Å². The average molecular weight is 322 g/mol. The van der Waals surface area contributed by atoms with Gasteiger partial charge >= 0.3 is 5.97 Å². The van der Waals surface area contributed by atoms with Crippen molar-refractivity contribution in [2.45, 2.75) is 13.2 Å². The third kappa shape index (κ3) is 2.34. The third-order valence-electron chi connectivity index (χ3n) is 3.68. The minimum Gasteiger partial charge on any atom is -0.478 e. The fourth-order valence-electron chi connectivity index (χ4n) is 2.67. The number of rotatable bonds is 3. The van der Waals surface area contributed by atoms with Crippen LogP contribution in [0.2, 0.25) is 0 Å². The number of nitrogens with zero attached hydrogens (tertiary/aromatic N) is 4. The van der Waals surface area contributed by atoms with Crippen LogP contribution < -0.4 is 10.6 Å². The van der Waals surface area contributed by atoms with Crippen molar-refractivity contribution in [1.82, 2.24) is 10.2 Å². The molecule has 24 heavy (non-hydrogen) atoms. The molecule has 4 rings (SSSR count). The molecule has 3 N–H and O–H groups in total. The lowest BCUT2D eigenvalue weighted by atomic mass is 10.2.